The second kappa shape index (κ2) is 8.32. The predicted octanol–water partition coefficient (Wildman–Crippen LogP) is 4.01. The zero-order valence-electron chi connectivity index (χ0n) is 13.9. The Morgan fingerprint density at radius 1 is 1.00 bits per heavy atom. The molecule has 0 aromatic heterocycles. The molecule has 0 aliphatic heterocycles. The van der Waals surface area contributed by atoms with E-state index < -0.39 is 0 Å². The van der Waals surface area contributed by atoms with E-state index in [1.807, 2.05) is 55.5 Å². The van der Waals surface area contributed by atoms with Crippen LogP contribution in [-0.2, 0) is 4.79 Å². The van der Waals surface area contributed by atoms with Gasteiger partial charge in [0.25, 0.3) is 0 Å². The van der Waals surface area contributed by atoms with Crippen molar-refractivity contribution in [1.82, 2.24) is 5.32 Å². The van der Waals surface area contributed by atoms with Gasteiger partial charge >= 0.3 is 0 Å². The number of benzene rings is 2. The molecule has 3 N–H and O–H groups in total. The molecule has 1 aliphatic rings. The molecule has 24 heavy (non-hydrogen) atoms. The zero-order valence-corrected chi connectivity index (χ0v) is 14.7. The van der Waals surface area contributed by atoms with Crippen molar-refractivity contribution in [2.24, 2.45) is 17.6 Å². The Bertz CT molecular complexity index is 643. The van der Waals surface area contributed by atoms with E-state index in [0.29, 0.717) is 5.92 Å². The predicted molar refractivity (Wildman–Crippen MR) is 99.8 cm³/mol. The summed E-state index contributed by atoms with van der Waals surface area (Å²) >= 11 is 0. The first kappa shape index (κ1) is 18.5. The van der Waals surface area contributed by atoms with Crippen LogP contribution in [0, 0.1) is 11.8 Å². The van der Waals surface area contributed by atoms with Crippen molar-refractivity contribution in [1.29, 1.82) is 0 Å². The smallest absolute Gasteiger partial charge is 0.225 e. The third kappa shape index (κ3) is 4.37. The summed E-state index contributed by atoms with van der Waals surface area (Å²) in [5.41, 5.74) is 8.47. The fraction of sp³-hybridized carbons (Fsp3) is 0.350. The van der Waals surface area contributed by atoms with E-state index in [-0.39, 0.29) is 36.3 Å². The van der Waals surface area contributed by atoms with Gasteiger partial charge in [-0.05, 0) is 29.9 Å². The van der Waals surface area contributed by atoms with Crippen LogP contribution in [0.3, 0.4) is 0 Å². The van der Waals surface area contributed by atoms with Crippen LogP contribution in [0.4, 0.5) is 0 Å². The maximum atomic E-state index is 12.7. The number of carbonyl (C=O) groups excluding carboxylic acids is 1. The lowest BCUT2D eigenvalue weighted by Gasteiger charge is -2.24. The molecule has 1 amide bonds. The number of nitrogens with one attached hydrogen (secondary N) is 1. The lowest BCUT2D eigenvalue weighted by Crippen LogP contribution is -2.38. The van der Waals surface area contributed by atoms with E-state index in [4.69, 9.17) is 5.73 Å². The number of hydrogen-bond donors (Lipinski definition) is 2. The highest BCUT2D eigenvalue weighted by Gasteiger charge is 2.34. The number of hydrogen-bond acceptors (Lipinski definition) is 2. The molecule has 128 valence electrons. The highest BCUT2D eigenvalue weighted by molar-refractivity contribution is 5.85. The average molecular weight is 345 g/mol. The Morgan fingerprint density at radius 3 is 2.00 bits per heavy atom. The molecule has 0 spiro atoms. The number of amides is 1. The number of carbonyl (C=O) groups is 1. The Hall–Kier alpha value is -1.84. The SMILES string of the molecule is CC(C(=O)NC(c1ccccc1)C1CC1)C(N)c1ccccc1.Cl. The van der Waals surface area contributed by atoms with Gasteiger partial charge in [0.1, 0.15) is 0 Å². The van der Waals surface area contributed by atoms with Gasteiger partial charge in [0.2, 0.25) is 5.91 Å². The summed E-state index contributed by atoms with van der Waals surface area (Å²) in [4.78, 5) is 12.7. The van der Waals surface area contributed by atoms with Gasteiger partial charge in [0, 0.05) is 6.04 Å². The van der Waals surface area contributed by atoms with Crippen LogP contribution < -0.4 is 11.1 Å². The van der Waals surface area contributed by atoms with Gasteiger partial charge in [0.15, 0.2) is 0 Å². The largest absolute Gasteiger partial charge is 0.349 e. The third-order valence-electron chi connectivity index (χ3n) is 4.69. The Morgan fingerprint density at radius 2 is 1.50 bits per heavy atom. The first-order valence-corrected chi connectivity index (χ1v) is 8.32. The number of nitrogens with two attached hydrogens (primary N) is 1. The first-order valence-electron chi connectivity index (χ1n) is 8.32. The molecule has 1 aliphatic carbocycles. The van der Waals surface area contributed by atoms with Crippen molar-refractivity contribution in [3.63, 3.8) is 0 Å². The quantitative estimate of drug-likeness (QED) is 0.831. The van der Waals surface area contributed by atoms with Crippen molar-refractivity contribution in [2.45, 2.75) is 31.8 Å². The van der Waals surface area contributed by atoms with Crippen molar-refractivity contribution in [3.8, 4) is 0 Å². The van der Waals surface area contributed by atoms with Crippen molar-refractivity contribution < 1.29 is 4.79 Å². The summed E-state index contributed by atoms with van der Waals surface area (Å²) in [7, 11) is 0. The molecule has 2 aromatic carbocycles. The topological polar surface area (TPSA) is 55.1 Å². The standard InChI is InChI=1S/C20H24N2O.ClH/c1-14(18(21)15-8-4-2-5-9-15)20(23)22-19(17-12-13-17)16-10-6-3-7-11-16;/h2-11,14,17-19H,12-13,21H2,1H3,(H,22,23);1H. The monoisotopic (exact) mass is 344 g/mol. The maximum Gasteiger partial charge on any atom is 0.225 e. The van der Waals surface area contributed by atoms with E-state index >= 15 is 0 Å². The zero-order chi connectivity index (χ0) is 16.2. The number of halogens is 1. The molecule has 3 atom stereocenters. The molecule has 2 aromatic rings. The minimum Gasteiger partial charge on any atom is -0.349 e. The summed E-state index contributed by atoms with van der Waals surface area (Å²) in [6.45, 7) is 1.90. The van der Waals surface area contributed by atoms with Gasteiger partial charge < -0.3 is 11.1 Å². The van der Waals surface area contributed by atoms with Crippen LogP contribution in [0.2, 0.25) is 0 Å². The van der Waals surface area contributed by atoms with Crippen molar-refractivity contribution in [2.75, 3.05) is 0 Å². The van der Waals surface area contributed by atoms with Crippen LogP contribution in [0.1, 0.15) is 43.0 Å². The van der Waals surface area contributed by atoms with Gasteiger partial charge in [0.05, 0.1) is 12.0 Å². The lowest BCUT2D eigenvalue weighted by atomic mass is 9.93. The lowest BCUT2D eigenvalue weighted by molar-refractivity contribution is -0.126. The van der Waals surface area contributed by atoms with Gasteiger partial charge in [-0.25, -0.2) is 0 Å². The van der Waals surface area contributed by atoms with E-state index in [1.165, 1.54) is 18.4 Å². The summed E-state index contributed by atoms with van der Waals surface area (Å²) in [5.74, 6) is 0.325. The summed E-state index contributed by atoms with van der Waals surface area (Å²) in [5, 5.41) is 3.23. The number of rotatable bonds is 6. The fourth-order valence-electron chi connectivity index (χ4n) is 2.98. The van der Waals surface area contributed by atoms with E-state index in [9.17, 15) is 4.79 Å². The molecule has 0 heterocycles. The highest BCUT2D eigenvalue weighted by atomic mass is 35.5. The Balaban J connectivity index is 0.00000208. The Labute approximate surface area is 150 Å². The fourth-order valence-corrected chi connectivity index (χ4v) is 2.98. The van der Waals surface area contributed by atoms with Gasteiger partial charge in [-0.2, -0.15) is 0 Å². The normalized spacial score (nSPS) is 17.2. The van der Waals surface area contributed by atoms with Crippen molar-refractivity contribution in [3.05, 3.63) is 71.8 Å². The third-order valence-corrected chi connectivity index (χ3v) is 4.69. The molecular weight excluding hydrogens is 320 g/mol. The highest BCUT2D eigenvalue weighted by Crippen LogP contribution is 2.41. The molecule has 0 bridgehead atoms. The van der Waals surface area contributed by atoms with Crippen LogP contribution in [0.15, 0.2) is 60.7 Å². The van der Waals surface area contributed by atoms with Crippen LogP contribution in [0.25, 0.3) is 0 Å². The Kier molecular flexibility index (Phi) is 6.41. The molecule has 3 nitrogen and oxygen atoms in total. The second-order valence-corrected chi connectivity index (χ2v) is 6.46. The molecular formula is C20H25ClN2O. The second-order valence-electron chi connectivity index (χ2n) is 6.46. The molecule has 1 saturated carbocycles. The molecule has 0 radical (unpaired) electrons. The first-order chi connectivity index (χ1) is 11.2. The van der Waals surface area contributed by atoms with Gasteiger partial charge in [-0.1, -0.05) is 67.6 Å². The molecule has 3 unspecified atom stereocenters. The van der Waals surface area contributed by atoms with Crippen molar-refractivity contribution >= 4 is 18.3 Å². The van der Waals surface area contributed by atoms with Crippen LogP contribution >= 0.6 is 12.4 Å². The molecule has 4 heteroatoms. The summed E-state index contributed by atoms with van der Waals surface area (Å²) in [6.07, 6.45) is 2.36. The minimum absolute atomic E-state index is 0. The van der Waals surface area contributed by atoms with Crippen LogP contribution in [-0.4, -0.2) is 5.91 Å². The minimum atomic E-state index is -0.285. The molecule has 3 rings (SSSR count). The van der Waals surface area contributed by atoms with Gasteiger partial charge in [-0.3, -0.25) is 4.79 Å². The van der Waals surface area contributed by atoms with E-state index in [0.717, 1.165) is 5.56 Å². The van der Waals surface area contributed by atoms with E-state index in [2.05, 4.69) is 17.4 Å². The summed E-state index contributed by atoms with van der Waals surface area (Å²) < 4.78 is 0. The summed E-state index contributed by atoms with van der Waals surface area (Å²) in [6, 6.07) is 19.9. The molecule has 0 saturated heterocycles. The molecule has 1 fully saturated rings. The van der Waals surface area contributed by atoms with E-state index in [1.54, 1.807) is 0 Å². The average Bonchev–Trinajstić information content (AvgIpc) is 3.44. The van der Waals surface area contributed by atoms with Gasteiger partial charge in [-0.15, -0.1) is 12.4 Å². The maximum absolute atomic E-state index is 12.7. The van der Waals surface area contributed by atoms with Crippen LogP contribution in [0.5, 0.6) is 0 Å².